The molecule has 1 aromatic heterocycles. The van der Waals surface area contributed by atoms with Crippen molar-refractivity contribution in [2.75, 3.05) is 6.54 Å². The molecule has 2 aromatic carbocycles. The Balaban J connectivity index is 1.70. The highest BCUT2D eigenvalue weighted by molar-refractivity contribution is 9.10. The molecule has 0 saturated heterocycles. The summed E-state index contributed by atoms with van der Waals surface area (Å²) >= 11 is 3.42. The summed E-state index contributed by atoms with van der Waals surface area (Å²) in [6, 6.07) is 18.0. The smallest absolute Gasteiger partial charge is 0.254 e. The maximum atomic E-state index is 12.5. The summed E-state index contributed by atoms with van der Waals surface area (Å²) in [6.45, 7) is 4.60. The highest BCUT2D eigenvalue weighted by Gasteiger charge is 2.16. The van der Waals surface area contributed by atoms with Crippen LogP contribution in [0.4, 0.5) is 0 Å². The van der Waals surface area contributed by atoms with Gasteiger partial charge in [-0.3, -0.25) is 4.79 Å². The van der Waals surface area contributed by atoms with Gasteiger partial charge in [-0.15, -0.1) is 0 Å². The minimum absolute atomic E-state index is 0.0938. The van der Waals surface area contributed by atoms with Crippen LogP contribution in [-0.4, -0.2) is 22.2 Å². The van der Waals surface area contributed by atoms with Gasteiger partial charge in [-0.1, -0.05) is 53.2 Å². The first-order valence-corrected chi connectivity index (χ1v) is 8.99. The Labute approximate surface area is 156 Å². The summed E-state index contributed by atoms with van der Waals surface area (Å²) in [4.78, 5) is 12.5. The molecule has 1 amide bonds. The number of halogens is 1. The fraction of sp³-hybridized carbons (Fsp3) is 0.200. The van der Waals surface area contributed by atoms with Crippen molar-refractivity contribution in [3.05, 3.63) is 82.1 Å². The minimum Gasteiger partial charge on any atom is -0.351 e. The average molecular weight is 398 g/mol. The molecule has 0 aliphatic rings. The van der Waals surface area contributed by atoms with Crippen LogP contribution < -0.4 is 5.32 Å². The summed E-state index contributed by atoms with van der Waals surface area (Å²) in [5.74, 6) is 0.163. The van der Waals surface area contributed by atoms with Crippen LogP contribution in [0, 0.1) is 6.92 Å². The lowest BCUT2D eigenvalue weighted by molar-refractivity contribution is 0.0951. The minimum atomic E-state index is -0.0938. The lowest BCUT2D eigenvalue weighted by atomic mass is 10.0. The topological polar surface area (TPSA) is 46.9 Å². The van der Waals surface area contributed by atoms with Crippen LogP contribution in [0.1, 0.15) is 34.5 Å². The van der Waals surface area contributed by atoms with Crippen molar-refractivity contribution in [1.29, 1.82) is 0 Å². The van der Waals surface area contributed by atoms with Crippen molar-refractivity contribution < 1.29 is 4.79 Å². The molecular formula is C20H20BrN3O. The van der Waals surface area contributed by atoms with Gasteiger partial charge in [-0.05, 0) is 42.7 Å². The van der Waals surface area contributed by atoms with Crippen molar-refractivity contribution in [1.82, 2.24) is 15.1 Å². The van der Waals surface area contributed by atoms with Gasteiger partial charge < -0.3 is 5.32 Å². The standard InChI is InChI=1S/C20H20BrN3O/c1-14(16-6-4-3-5-7-16)12-22-20(25)19-13-23-24(15(19)2)18-10-8-17(21)9-11-18/h3-11,13-14H,12H2,1-2H3,(H,22,25). The van der Waals surface area contributed by atoms with Crippen molar-refractivity contribution in [2.24, 2.45) is 0 Å². The number of carbonyl (C=O) groups excluding carboxylic acids is 1. The molecule has 128 valence electrons. The van der Waals surface area contributed by atoms with Gasteiger partial charge >= 0.3 is 0 Å². The zero-order valence-corrected chi connectivity index (χ0v) is 15.8. The highest BCUT2D eigenvalue weighted by atomic mass is 79.9. The predicted octanol–water partition coefficient (Wildman–Crippen LogP) is 4.48. The third kappa shape index (κ3) is 3.99. The molecule has 1 N–H and O–H groups in total. The molecule has 0 radical (unpaired) electrons. The Morgan fingerprint density at radius 2 is 1.84 bits per heavy atom. The normalized spacial score (nSPS) is 12.0. The molecule has 0 bridgehead atoms. The first-order valence-electron chi connectivity index (χ1n) is 8.20. The Morgan fingerprint density at radius 1 is 1.16 bits per heavy atom. The Morgan fingerprint density at radius 3 is 2.52 bits per heavy atom. The average Bonchev–Trinajstić information content (AvgIpc) is 3.02. The lowest BCUT2D eigenvalue weighted by Crippen LogP contribution is -2.27. The van der Waals surface area contributed by atoms with Gasteiger partial charge in [0.25, 0.3) is 5.91 Å². The van der Waals surface area contributed by atoms with E-state index in [1.54, 1.807) is 10.9 Å². The fourth-order valence-electron chi connectivity index (χ4n) is 2.72. The van der Waals surface area contributed by atoms with Crippen molar-refractivity contribution in [3.8, 4) is 5.69 Å². The molecule has 0 aliphatic heterocycles. The number of hydrogen-bond acceptors (Lipinski definition) is 2. The predicted molar refractivity (Wildman–Crippen MR) is 103 cm³/mol. The second-order valence-corrected chi connectivity index (χ2v) is 6.97. The second-order valence-electron chi connectivity index (χ2n) is 6.05. The van der Waals surface area contributed by atoms with Gasteiger partial charge in [0.05, 0.1) is 23.1 Å². The Kier molecular flexibility index (Phi) is 5.34. The van der Waals surface area contributed by atoms with E-state index in [2.05, 4.69) is 45.4 Å². The zero-order valence-electron chi connectivity index (χ0n) is 14.2. The molecule has 1 unspecified atom stereocenters. The van der Waals surface area contributed by atoms with Crippen molar-refractivity contribution in [3.63, 3.8) is 0 Å². The first kappa shape index (κ1) is 17.4. The number of rotatable bonds is 5. The molecule has 3 aromatic rings. The summed E-state index contributed by atoms with van der Waals surface area (Å²) in [6.07, 6.45) is 1.62. The third-order valence-corrected chi connectivity index (χ3v) is 4.79. The van der Waals surface area contributed by atoms with E-state index in [0.29, 0.717) is 12.1 Å². The molecular weight excluding hydrogens is 378 g/mol. The van der Waals surface area contributed by atoms with Gasteiger partial charge in [0.2, 0.25) is 0 Å². The maximum absolute atomic E-state index is 12.5. The summed E-state index contributed by atoms with van der Waals surface area (Å²) in [7, 11) is 0. The monoisotopic (exact) mass is 397 g/mol. The van der Waals surface area contributed by atoms with Gasteiger partial charge in [0, 0.05) is 11.0 Å². The van der Waals surface area contributed by atoms with Crippen LogP contribution in [0.5, 0.6) is 0 Å². The molecule has 3 rings (SSSR count). The van der Waals surface area contributed by atoms with Gasteiger partial charge in [-0.25, -0.2) is 4.68 Å². The van der Waals surface area contributed by atoms with Crippen LogP contribution in [0.25, 0.3) is 5.69 Å². The second kappa shape index (κ2) is 7.66. The van der Waals surface area contributed by atoms with Gasteiger partial charge in [0.1, 0.15) is 0 Å². The SMILES string of the molecule is Cc1c(C(=O)NCC(C)c2ccccc2)cnn1-c1ccc(Br)cc1. The first-order chi connectivity index (χ1) is 12.1. The summed E-state index contributed by atoms with van der Waals surface area (Å²) < 4.78 is 2.79. The summed E-state index contributed by atoms with van der Waals surface area (Å²) in [5.41, 5.74) is 3.57. The van der Waals surface area contributed by atoms with Crippen LogP contribution in [-0.2, 0) is 0 Å². The maximum Gasteiger partial charge on any atom is 0.254 e. The number of hydrogen-bond donors (Lipinski definition) is 1. The molecule has 4 nitrogen and oxygen atoms in total. The highest BCUT2D eigenvalue weighted by Crippen LogP contribution is 2.18. The third-order valence-electron chi connectivity index (χ3n) is 4.26. The molecule has 0 aliphatic carbocycles. The quantitative estimate of drug-likeness (QED) is 0.689. The van der Waals surface area contributed by atoms with E-state index in [9.17, 15) is 4.79 Å². The van der Waals surface area contributed by atoms with E-state index in [1.807, 2.05) is 49.4 Å². The molecule has 0 saturated carbocycles. The van der Waals surface area contributed by atoms with Crippen LogP contribution >= 0.6 is 15.9 Å². The number of nitrogens with zero attached hydrogens (tertiary/aromatic N) is 2. The van der Waals surface area contributed by atoms with E-state index in [1.165, 1.54) is 5.56 Å². The summed E-state index contributed by atoms with van der Waals surface area (Å²) in [5, 5.41) is 7.37. The van der Waals surface area contributed by atoms with Crippen LogP contribution in [0.3, 0.4) is 0 Å². The molecule has 25 heavy (non-hydrogen) atoms. The number of amides is 1. The molecule has 1 heterocycles. The molecule has 1 atom stereocenters. The Bertz CT molecular complexity index is 856. The van der Waals surface area contributed by atoms with E-state index in [0.717, 1.165) is 15.9 Å². The number of benzene rings is 2. The lowest BCUT2D eigenvalue weighted by Gasteiger charge is -2.13. The van der Waals surface area contributed by atoms with Crippen molar-refractivity contribution in [2.45, 2.75) is 19.8 Å². The van der Waals surface area contributed by atoms with Crippen LogP contribution in [0.15, 0.2) is 65.3 Å². The Hall–Kier alpha value is -2.40. The molecule has 5 heteroatoms. The number of nitrogens with one attached hydrogen (secondary N) is 1. The van der Waals surface area contributed by atoms with E-state index in [4.69, 9.17) is 0 Å². The largest absolute Gasteiger partial charge is 0.351 e. The molecule has 0 spiro atoms. The van der Waals surface area contributed by atoms with E-state index >= 15 is 0 Å². The van der Waals surface area contributed by atoms with E-state index in [-0.39, 0.29) is 11.8 Å². The molecule has 0 fully saturated rings. The zero-order chi connectivity index (χ0) is 17.8. The fourth-order valence-corrected chi connectivity index (χ4v) is 2.98. The van der Waals surface area contributed by atoms with Gasteiger partial charge in [0.15, 0.2) is 0 Å². The van der Waals surface area contributed by atoms with Crippen LogP contribution in [0.2, 0.25) is 0 Å². The van der Waals surface area contributed by atoms with E-state index < -0.39 is 0 Å². The van der Waals surface area contributed by atoms with Gasteiger partial charge in [-0.2, -0.15) is 5.10 Å². The van der Waals surface area contributed by atoms with Crippen molar-refractivity contribution >= 4 is 21.8 Å². The number of carbonyl (C=O) groups is 1. The number of aromatic nitrogens is 2.